The van der Waals surface area contributed by atoms with Gasteiger partial charge in [-0.2, -0.15) is 0 Å². The molecule has 1 amide bonds. The molecule has 1 aromatic carbocycles. The van der Waals surface area contributed by atoms with Crippen LogP contribution in [0.1, 0.15) is 45.6 Å². The van der Waals surface area contributed by atoms with E-state index < -0.39 is 18.1 Å². The number of carbonyl (C=O) groups is 1. The van der Waals surface area contributed by atoms with Crippen LogP contribution in [0.5, 0.6) is 0 Å². The van der Waals surface area contributed by atoms with Crippen molar-refractivity contribution in [3.8, 4) is 0 Å². The Bertz CT molecular complexity index is 687. The SMILES string of the molecule is CN=C(C)S/C(=C/C(F)F)C(=O)Nc1ccc(F)cc1C(C)CC(C)C. The smallest absolute Gasteiger partial charge is 0.262 e. The van der Waals surface area contributed by atoms with Crippen molar-refractivity contribution in [1.29, 1.82) is 0 Å². The number of amides is 1. The van der Waals surface area contributed by atoms with E-state index in [-0.39, 0.29) is 10.8 Å². The van der Waals surface area contributed by atoms with Gasteiger partial charge in [0.05, 0.1) is 9.95 Å². The lowest BCUT2D eigenvalue weighted by molar-refractivity contribution is -0.112. The van der Waals surface area contributed by atoms with Crippen LogP contribution in [0.15, 0.2) is 34.2 Å². The van der Waals surface area contributed by atoms with Crippen molar-refractivity contribution in [1.82, 2.24) is 0 Å². The Kier molecular flexibility index (Phi) is 8.92. The predicted molar refractivity (Wildman–Crippen MR) is 104 cm³/mol. The van der Waals surface area contributed by atoms with Crippen LogP contribution in [-0.4, -0.2) is 24.4 Å². The van der Waals surface area contributed by atoms with Gasteiger partial charge in [0.25, 0.3) is 12.3 Å². The molecule has 0 fully saturated rings. The Morgan fingerprint density at radius 3 is 2.50 bits per heavy atom. The number of thioether (sulfide) groups is 1. The fraction of sp³-hybridized carbons (Fsp3) is 0.474. The van der Waals surface area contributed by atoms with Gasteiger partial charge in [0, 0.05) is 18.8 Å². The predicted octanol–water partition coefficient (Wildman–Crippen LogP) is 5.84. The standard InChI is InChI=1S/C19H25F3N2OS/c1-11(2)8-12(3)15-9-14(20)6-7-16(15)24-19(25)17(10-18(21)22)26-13(4)23-5/h6-7,9-12,18H,8H2,1-5H3,(H,24,25)/b17-10+,23-13?. The minimum atomic E-state index is -2.76. The minimum absolute atomic E-state index is 0.00937. The molecule has 1 aromatic rings. The van der Waals surface area contributed by atoms with Crippen LogP contribution in [0.25, 0.3) is 0 Å². The van der Waals surface area contributed by atoms with Gasteiger partial charge in [-0.05, 0) is 48.9 Å². The van der Waals surface area contributed by atoms with Crippen LogP contribution < -0.4 is 5.32 Å². The molecule has 1 N–H and O–H groups in total. The van der Waals surface area contributed by atoms with Gasteiger partial charge in [0.2, 0.25) is 0 Å². The number of anilines is 1. The van der Waals surface area contributed by atoms with E-state index in [9.17, 15) is 18.0 Å². The Labute approximate surface area is 157 Å². The maximum Gasteiger partial charge on any atom is 0.262 e. The summed E-state index contributed by atoms with van der Waals surface area (Å²) < 4.78 is 39.3. The number of aliphatic imine (C=N–C) groups is 1. The van der Waals surface area contributed by atoms with Crippen LogP contribution in [0.2, 0.25) is 0 Å². The zero-order valence-electron chi connectivity index (χ0n) is 15.6. The molecule has 1 unspecified atom stereocenters. The van der Waals surface area contributed by atoms with Crippen molar-refractivity contribution < 1.29 is 18.0 Å². The van der Waals surface area contributed by atoms with Gasteiger partial charge in [-0.25, -0.2) is 13.2 Å². The Morgan fingerprint density at radius 2 is 1.96 bits per heavy atom. The number of allylic oxidation sites excluding steroid dienone is 1. The van der Waals surface area contributed by atoms with Gasteiger partial charge in [-0.3, -0.25) is 9.79 Å². The molecule has 144 valence electrons. The first kappa shape index (κ1) is 22.3. The molecule has 3 nitrogen and oxygen atoms in total. The number of rotatable bonds is 7. The van der Waals surface area contributed by atoms with E-state index in [2.05, 4.69) is 24.2 Å². The Morgan fingerprint density at radius 1 is 1.31 bits per heavy atom. The molecular weight excluding hydrogens is 361 g/mol. The number of hydrogen-bond donors (Lipinski definition) is 1. The lowest BCUT2D eigenvalue weighted by Gasteiger charge is -2.19. The Hall–Kier alpha value is -1.76. The van der Waals surface area contributed by atoms with Crippen LogP contribution in [0.4, 0.5) is 18.9 Å². The fourth-order valence-corrected chi connectivity index (χ4v) is 3.27. The van der Waals surface area contributed by atoms with E-state index in [1.165, 1.54) is 25.2 Å². The summed E-state index contributed by atoms with van der Waals surface area (Å²) in [5.74, 6) is -0.664. The second kappa shape index (κ2) is 10.4. The summed E-state index contributed by atoms with van der Waals surface area (Å²) in [6.45, 7) is 7.69. The maximum atomic E-state index is 13.7. The molecule has 0 saturated carbocycles. The molecule has 0 aliphatic heterocycles. The third kappa shape index (κ3) is 7.23. The topological polar surface area (TPSA) is 41.5 Å². The van der Waals surface area contributed by atoms with Gasteiger partial charge >= 0.3 is 0 Å². The first-order valence-corrected chi connectivity index (χ1v) is 9.17. The highest BCUT2D eigenvalue weighted by Gasteiger charge is 2.19. The first-order chi connectivity index (χ1) is 12.1. The molecule has 1 rings (SSSR count). The molecule has 1 atom stereocenters. The molecule has 0 heterocycles. The zero-order chi connectivity index (χ0) is 19.9. The van der Waals surface area contributed by atoms with Crippen molar-refractivity contribution in [3.05, 3.63) is 40.6 Å². The fourth-order valence-electron chi connectivity index (χ4n) is 2.55. The van der Waals surface area contributed by atoms with Crippen LogP contribution in [0, 0.1) is 11.7 Å². The van der Waals surface area contributed by atoms with E-state index in [0.717, 1.165) is 18.2 Å². The second-order valence-corrected chi connectivity index (χ2v) is 7.66. The summed E-state index contributed by atoms with van der Waals surface area (Å²) in [5, 5.41) is 3.13. The summed E-state index contributed by atoms with van der Waals surface area (Å²) in [5.41, 5.74) is 1.07. The highest BCUT2D eigenvalue weighted by Crippen LogP contribution is 2.31. The number of hydrogen-bond acceptors (Lipinski definition) is 3. The molecule has 26 heavy (non-hydrogen) atoms. The molecule has 0 radical (unpaired) electrons. The third-order valence-corrected chi connectivity index (χ3v) is 4.71. The molecule has 0 aliphatic rings. The van der Waals surface area contributed by atoms with Gasteiger partial charge < -0.3 is 5.32 Å². The van der Waals surface area contributed by atoms with E-state index in [0.29, 0.717) is 28.3 Å². The van der Waals surface area contributed by atoms with Crippen LogP contribution in [-0.2, 0) is 4.79 Å². The van der Waals surface area contributed by atoms with E-state index in [4.69, 9.17) is 0 Å². The van der Waals surface area contributed by atoms with Gasteiger partial charge in [0.15, 0.2) is 0 Å². The molecule has 0 bridgehead atoms. The van der Waals surface area contributed by atoms with Gasteiger partial charge in [-0.1, -0.05) is 32.5 Å². The summed E-state index contributed by atoms with van der Waals surface area (Å²) in [6, 6.07) is 4.08. The van der Waals surface area contributed by atoms with Crippen molar-refractivity contribution in [2.24, 2.45) is 10.9 Å². The Balaban J connectivity index is 3.13. The monoisotopic (exact) mass is 386 g/mol. The molecule has 0 spiro atoms. The maximum absolute atomic E-state index is 13.7. The van der Waals surface area contributed by atoms with E-state index in [1.54, 1.807) is 6.92 Å². The summed E-state index contributed by atoms with van der Waals surface area (Å²) in [4.78, 5) is 16.2. The number of halogens is 3. The average Bonchev–Trinajstić information content (AvgIpc) is 2.54. The number of nitrogens with one attached hydrogen (secondary N) is 1. The summed E-state index contributed by atoms with van der Waals surface area (Å²) in [6.07, 6.45) is -1.36. The normalized spacial score (nSPS) is 14.1. The average molecular weight is 386 g/mol. The van der Waals surface area contributed by atoms with Crippen molar-refractivity contribution in [2.75, 3.05) is 12.4 Å². The molecule has 0 aromatic heterocycles. The highest BCUT2D eigenvalue weighted by atomic mass is 32.2. The second-order valence-electron chi connectivity index (χ2n) is 6.43. The molecular formula is C19H25F3N2OS. The number of nitrogens with zero attached hydrogens (tertiary/aromatic N) is 1. The molecule has 0 saturated heterocycles. The quantitative estimate of drug-likeness (QED) is 0.363. The summed E-state index contributed by atoms with van der Waals surface area (Å²) in [7, 11) is 1.52. The largest absolute Gasteiger partial charge is 0.321 e. The minimum Gasteiger partial charge on any atom is -0.321 e. The third-order valence-electron chi connectivity index (χ3n) is 3.69. The van der Waals surface area contributed by atoms with Crippen LogP contribution in [0.3, 0.4) is 0 Å². The molecule has 7 heteroatoms. The highest BCUT2D eigenvalue weighted by molar-refractivity contribution is 8.17. The van der Waals surface area contributed by atoms with Crippen LogP contribution >= 0.6 is 11.8 Å². The van der Waals surface area contributed by atoms with Crippen molar-refractivity contribution in [3.63, 3.8) is 0 Å². The van der Waals surface area contributed by atoms with Gasteiger partial charge in [0.1, 0.15) is 5.82 Å². The van der Waals surface area contributed by atoms with Crippen molar-refractivity contribution >= 4 is 28.4 Å². The summed E-state index contributed by atoms with van der Waals surface area (Å²) >= 11 is 0.873. The van der Waals surface area contributed by atoms with Crippen molar-refractivity contribution in [2.45, 2.75) is 46.5 Å². The first-order valence-electron chi connectivity index (χ1n) is 8.36. The zero-order valence-corrected chi connectivity index (χ0v) is 16.5. The number of benzene rings is 1. The van der Waals surface area contributed by atoms with E-state index in [1.807, 2.05) is 6.92 Å². The number of carbonyl (C=O) groups excluding carboxylic acids is 1. The molecule has 0 aliphatic carbocycles. The number of alkyl halides is 2. The lowest BCUT2D eigenvalue weighted by Crippen LogP contribution is -2.16. The lowest BCUT2D eigenvalue weighted by atomic mass is 9.90. The van der Waals surface area contributed by atoms with Gasteiger partial charge in [-0.15, -0.1) is 0 Å². The van der Waals surface area contributed by atoms with E-state index >= 15 is 0 Å².